The van der Waals surface area contributed by atoms with Gasteiger partial charge in [0.25, 0.3) is 5.91 Å². The van der Waals surface area contributed by atoms with Crippen LogP contribution in [0.15, 0.2) is 30.3 Å². The molecule has 0 fully saturated rings. The molecule has 0 radical (unpaired) electrons. The lowest BCUT2D eigenvalue weighted by Crippen LogP contribution is -2.16. The first-order chi connectivity index (χ1) is 11.6. The van der Waals surface area contributed by atoms with Crippen LogP contribution in [0.1, 0.15) is 28.2 Å². The molecule has 0 aliphatic rings. The van der Waals surface area contributed by atoms with Crippen LogP contribution in [0.5, 0.6) is 0 Å². The summed E-state index contributed by atoms with van der Waals surface area (Å²) in [4.78, 5) is 20.9. The highest BCUT2D eigenvalue weighted by Gasteiger charge is 2.11. The molecule has 24 heavy (non-hydrogen) atoms. The number of ether oxygens (including phenoxy) is 1. The Morgan fingerprint density at radius 1 is 1.33 bits per heavy atom. The van der Waals surface area contributed by atoms with E-state index in [2.05, 4.69) is 20.6 Å². The molecule has 0 saturated heterocycles. The van der Waals surface area contributed by atoms with Gasteiger partial charge >= 0.3 is 0 Å². The fourth-order valence-electron chi connectivity index (χ4n) is 2.04. The Morgan fingerprint density at radius 2 is 2.17 bits per heavy atom. The predicted molar refractivity (Wildman–Crippen MR) is 90.9 cm³/mol. The van der Waals surface area contributed by atoms with Gasteiger partial charge in [-0.2, -0.15) is 5.26 Å². The zero-order chi connectivity index (χ0) is 17.4. The number of hydrogen-bond acceptors (Lipinski definition) is 6. The summed E-state index contributed by atoms with van der Waals surface area (Å²) in [5.74, 6) is 0.0533. The Labute approximate surface area is 140 Å². The second-order valence-corrected chi connectivity index (χ2v) is 5.14. The van der Waals surface area contributed by atoms with E-state index in [0.29, 0.717) is 36.0 Å². The van der Waals surface area contributed by atoms with Gasteiger partial charge < -0.3 is 15.4 Å². The summed E-state index contributed by atoms with van der Waals surface area (Å²) in [6, 6.07) is 10.4. The van der Waals surface area contributed by atoms with E-state index in [-0.39, 0.29) is 11.6 Å². The molecule has 1 aromatic carbocycles. The quantitative estimate of drug-likeness (QED) is 0.758. The van der Waals surface area contributed by atoms with Crippen LogP contribution in [0, 0.1) is 18.3 Å². The molecular weight excluding hydrogens is 306 g/mol. The van der Waals surface area contributed by atoms with Crippen molar-refractivity contribution in [2.75, 3.05) is 30.9 Å². The number of benzene rings is 1. The van der Waals surface area contributed by atoms with Crippen molar-refractivity contribution < 1.29 is 9.53 Å². The van der Waals surface area contributed by atoms with E-state index in [1.165, 1.54) is 0 Å². The van der Waals surface area contributed by atoms with E-state index in [1.54, 1.807) is 44.4 Å². The maximum atomic E-state index is 12.4. The van der Waals surface area contributed by atoms with Gasteiger partial charge in [-0.1, -0.05) is 6.07 Å². The molecule has 0 atom stereocenters. The van der Waals surface area contributed by atoms with Crippen molar-refractivity contribution in [3.05, 3.63) is 47.3 Å². The zero-order valence-corrected chi connectivity index (χ0v) is 13.7. The first-order valence-corrected chi connectivity index (χ1v) is 7.52. The Balaban J connectivity index is 2.08. The highest BCUT2D eigenvalue weighted by molar-refractivity contribution is 6.03. The number of nitriles is 1. The average Bonchev–Trinajstić information content (AvgIpc) is 2.58. The Morgan fingerprint density at radius 3 is 2.92 bits per heavy atom. The van der Waals surface area contributed by atoms with E-state index < -0.39 is 0 Å². The lowest BCUT2D eigenvalue weighted by molar-refractivity contribution is 0.102. The molecule has 0 bridgehead atoms. The molecule has 1 heterocycles. The fourth-order valence-corrected chi connectivity index (χ4v) is 2.04. The van der Waals surface area contributed by atoms with Crippen LogP contribution in [-0.4, -0.2) is 36.1 Å². The van der Waals surface area contributed by atoms with Gasteiger partial charge in [-0.05, 0) is 37.6 Å². The molecule has 0 aliphatic carbocycles. The number of carbonyl (C=O) groups is 1. The zero-order valence-electron chi connectivity index (χ0n) is 13.7. The first kappa shape index (κ1) is 17.4. The van der Waals surface area contributed by atoms with Gasteiger partial charge in [0.1, 0.15) is 5.69 Å². The SMILES string of the molecule is COCCCNc1nc(C)cc(C(=O)Nc2cccc(C#N)c2)n1. The summed E-state index contributed by atoms with van der Waals surface area (Å²) in [6.45, 7) is 3.10. The summed E-state index contributed by atoms with van der Waals surface area (Å²) in [5.41, 5.74) is 1.98. The van der Waals surface area contributed by atoms with Gasteiger partial charge in [0.2, 0.25) is 5.95 Å². The van der Waals surface area contributed by atoms with Crippen LogP contribution in [0.25, 0.3) is 0 Å². The Hall–Kier alpha value is -2.98. The van der Waals surface area contributed by atoms with Crippen LogP contribution >= 0.6 is 0 Å². The number of aryl methyl sites for hydroxylation is 1. The van der Waals surface area contributed by atoms with Crippen molar-refractivity contribution in [1.82, 2.24) is 9.97 Å². The number of nitrogens with zero attached hydrogens (tertiary/aromatic N) is 3. The highest BCUT2D eigenvalue weighted by Crippen LogP contribution is 2.12. The minimum absolute atomic E-state index is 0.263. The second-order valence-electron chi connectivity index (χ2n) is 5.14. The number of methoxy groups -OCH3 is 1. The molecule has 0 unspecified atom stereocenters. The summed E-state index contributed by atoms with van der Waals surface area (Å²) in [6.07, 6.45) is 0.816. The normalized spacial score (nSPS) is 10.0. The summed E-state index contributed by atoms with van der Waals surface area (Å²) in [7, 11) is 1.65. The predicted octanol–water partition coefficient (Wildman–Crippen LogP) is 2.36. The molecule has 1 amide bonds. The first-order valence-electron chi connectivity index (χ1n) is 7.52. The van der Waals surface area contributed by atoms with Crippen molar-refractivity contribution in [3.63, 3.8) is 0 Å². The number of nitrogens with one attached hydrogen (secondary N) is 2. The fraction of sp³-hybridized carbons (Fsp3) is 0.294. The number of rotatable bonds is 7. The van der Waals surface area contributed by atoms with Crippen LogP contribution in [0.2, 0.25) is 0 Å². The maximum Gasteiger partial charge on any atom is 0.274 e. The van der Waals surface area contributed by atoms with E-state index >= 15 is 0 Å². The molecule has 2 aromatic rings. The Bertz CT molecular complexity index is 755. The smallest absolute Gasteiger partial charge is 0.274 e. The lowest BCUT2D eigenvalue weighted by Gasteiger charge is -2.09. The van der Waals surface area contributed by atoms with Crippen molar-refractivity contribution in [1.29, 1.82) is 5.26 Å². The van der Waals surface area contributed by atoms with Crippen molar-refractivity contribution in [2.45, 2.75) is 13.3 Å². The summed E-state index contributed by atoms with van der Waals surface area (Å²) < 4.78 is 4.98. The largest absolute Gasteiger partial charge is 0.385 e. The highest BCUT2D eigenvalue weighted by atomic mass is 16.5. The van der Waals surface area contributed by atoms with Gasteiger partial charge in [-0.25, -0.2) is 9.97 Å². The van der Waals surface area contributed by atoms with Crippen molar-refractivity contribution in [3.8, 4) is 6.07 Å². The van der Waals surface area contributed by atoms with Gasteiger partial charge in [-0.15, -0.1) is 0 Å². The number of hydrogen-bond donors (Lipinski definition) is 2. The number of amides is 1. The molecule has 7 heteroatoms. The molecule has 2 rings (SSSR count). The second kappa shape index (κ2) is 8.60. The molecule has 1 aromatic heterocycles. The average molecular weight is 325 g/mol. The summed E-state index contributed by atoms with van der Waals surface area (Å²) in [5, 5.41) is 14.7. The molecular formula is C17H19N5O2. The third-order valence-corrected chi connectivity index (χ3v) is 3.14. The molecule has 124 valence electrons. The molecule has 0 aliphatic heterocycles. The number of anilines is 2. The maximum absolute atomic E-state index is 12.4. The van der Waals surface area contributed by atoms with Crippen molar-refractivity contribution in [2.24, 2.45) is 0 Å². The third-order valence-electron chi connectivity index (χ3n) is 3.14. The molecule has 2 N–H and O–H groups in total. The van der Waals surface area contributed by atoms with E-state index in [1.807, 2.05) is 6.07 Å². The lowest BCUT2D eigenvalue weighted by atomic mass is 10.2. The van der Waals surface area contributed by atoms with Crippen molar-refractivity contribution >= 4 is 17.5 Å². The minimum Gasteiger partial charge on any atom is -0.385 e. The molecule has 0 spiro atoms. The summed E-state index contributed by atoms with van der Waals surface area (Å²) >= 11 is 0. The van der Waals surface area contributed by atoms with Gasteiger partial charge in [0, 0.05) is 31.6 Å². The topological polar surface area (TPSA) is 99.9 Å². The molecule has 0 saturated carbocycles. The third kappa shape index (κ3) is 5.04. The van der Waals surface area contributed by atoms with Crippen LogP contribution < -0.4 is 10.6 Å². The monoisotopic (exact) mass is 325 g/mol. The van der Waals surface area contributed by atoms with E-state index in [4.69, 9.17) is 10.00 Å². The standard InChI is InChI=1S/C17H19N5O2/c1-12-9-15(22-17(20-12)19-7-4-8-24-2)16(23)21-14-6-3-5-13(10-14)11-18/h3,5-6,9-10H,4,7-8H2,1-2H3,(H,21,23)(H,19,20,22). The van der Waals surface area contributed by atoms with Gasteiger partial charge in [0.15, 0.2) is 0 Å². The van der Waals surface area contributed by atoms with Crippen LogP contribution in [0.3, 0.4) is 0 Å². The van der Waals surface area contributed by atoms with Crippen LogP contribution in [0.4, 0.5) is 11.6 Å². The number of carbonyl (C=O) groups excluding carboxylic acids is 1. The van der Waals surface area contributed by atoms with Crippen LogP contribution in [-0.2, 0) is 4.74 Å². The van der Waals surface area contributed by atoms with Gasteiger partial charge in [-0.3, -0.25) is 4.79 Å². The van der Waals surface area contributed by atoms with E-state index in [9.17, 15) is 4.79 Å². The minimum atomic E-state index is -0.351. The number of aromatic nitrogens is 2. The van der Waals surface area contributed by atoms with Gasteiger partial charge in [0.05, 0.1) is 11.6 Å². The molecule has 7 nitrogen and oxygen atoms in total. The van der Waals surface area contributed by atoms with E-state index in [0.717, 1.165) is 6.42 Å². The Kier molecular flexibility index (Phi) is 6.23.